The monoisotopic (exact) mass is 482 g/mol. The molecule has 8 heteroatoms. The third-order valence-corrected chi connectivity index (χ3v) is 6.38. The molecule has 178 valence electrons. The molecule has 0 unspecified atom stereocenters. The standard InChI is InChI=1S/C28H18O8/c1-35-27(33)23-16-10-6-4-8-14(16)19-17(22(23)26(31)32)11-12-18-20(19)13-7-3-5-9-15(13)21(25(29)30)24(18)28(34)36-2/h3-12H,1-2H3,(H,29,30)(H,31,32). The second kappa shape index (κ2) is 8.35. The molecule has 5 aromatic rings. The molecule has 0 amide bonds. The van der Waals surface area contributed by atoms with Gasteiger partial charge in [-0.3, -0.25) is 0 Å². The van der Waals surface area contributed by atoms with E-state index in [1.54, 1.807) is 48.5 Å². The third-order valence-electron chi connectivity index (χ3n) is 6.38. The van der Waals surface area contributed by atoms with Crippen LogP contribution in [0.3, 0.4) is 0 Å². The second-order valence-corrected chi connectivity index (χ2v) is 8.10. The number of carboxylic acid groups (broad SMARTS) is 2. The van der Waals surface area contributed by atoms with Crippen molar-refractivity contribution in [3.8, 4) is 0 Å². The van der Waals surface area contributed by atoms with E-state index in [9.17, 15) is 29.4 Å². The van der Waals surface area contributed by atoms with E-state index in [4.69, 9.17) is 9.47 Å². The van der Waals surface area contributed by atoms with E-state index in [-0.39, 0.29) is 33.0 Å². The first-order valence-electron chi connectivity index (χ1n) is 10.8. The summed E-state index contributed by atoms with van der Waals surface area (Å²) in [5.74, 6) is -4.26. The Kier molecular flexibility index (Phi) is 5.29. The van der Waals surface area contributed by atoms with E-state index in [0.29, 0.717) is 32.3 Å². The summed E-state index contributed by atoms with van der Waals surface area (Å²) in [5.41, 5.74) is -0.688. The van der Waals surface area contributed by atoms with Crippen LogP contribution in [0.15, 0.2) is 60.7 Å². The van der Waals surface area contributed by atoms with Gasteiger partial charge < -0.3 is 19.7 Å². The number of rotatable bonds is 4. The molecule has 0 aliphatic rings. The van der Waals surface area contributed by atoms with Crippen molar-refractivity contribution in [3.05, 3.63) is 82.9 Å². The van der Waals surface area contributed by atoms with Crippen molar-refractivity contribution in [2.75, 3.05) is 14.2 Å². The maximum Gasteiger partial charge on any atom is 0.339 e. The van der Waals surface area contributed by atoms with Crippen molar-refractivity contribution in [1.82, 2.24) is 0 Å². The van der Waals surface area contributed by atoms with E-state index in [1.807, 2.05) is 0 Å². The maximum atomic E-state index is 12.9. The van der Waals surface area contributed by atoms with Crippen LogP contribution in [0.25, 0.3) is 43.1 Å². The molecule has 0 radical (unpaired) electrons. The van der Waals surface area contributed by atoms with Gasteiger partial charge in [0.05, 0.1) is 36.5 Å². The summed E-state index contributed by atoms with van der Waals surface area (Å²) in [4.78, 5) is 50.5. The van der Waals surface area contributed by atoms with Gasteiger partial charge >= 0.3 is 23.9 Å². The largest absolute Gasteiger partial charge is 0.478 e. The number of carbonyl (C=O) groups is 4. The van der Waals surface area contributed by atoms with Crippen LogP contribution < -0.4 is 0 Å². The zero-order chi connectivity index (χ0) is 25.7. The van der Waals surface area contributed by atoms with Crippen LogP contribution in [0, 0.1) is 0 Å². The van der Waals surface area contributed by atoms with Crippen LogP contribution in [0.2, 0.25) is 0 Å². The number of benzene rings is 5. The van der Waals surface area contributed by atoms with Gasteiger partial charge in [-0.2, -0.15) is 0 Å². The molecule has 2 N–H and O–H groups in total. The van der Waals surface area contributed by atoms with Crippen LogP contribution >= 0.6 is 0 Å². The van der Waals surface area contributed by atoms with Crippen LogP contribution in [0.5, 0.6) is 0 Å². The molecule has 0 atom stereocenters. The molecule has 0 saturated heterocycles. The minimum Gasteiger partial charge on any atom is -0.478 e. The lowest BCUT2D eigenvalue weighted by atomic mass is 9.84. The molecule has 36 heavy (non-hydrogen) atoms. The Morgan fingerprint density at radius 2 is 0.833 bits per heavy atom. The zero-order valence-corrected chi connectivity index (χ0v) is 19.1. The fraction of sp³-hybridized carbons (Fsp3) is 0.0714. The number of esters is 2. The predicted molar refractivity (Wildman–Crippen MR) is 133 cm³/mol. The van der Waals surface area contributed by atoms with Crippen LogP contribution in [0.4, 0.5) is 0 Å². The van der Waals surface area contributed by atoms with Gasteiger partial charge in [-0.25, -0.2) is 19.2 Å². The summed E-state index contributed by atoms with van der Waals surface area (Å²) < 4.78 is 9.87. The molecule has 0 fully saturated rings. The van der Waals surface area contributed by atoms with Crippen molar-refractivity contribution >= 4 is 67.0 Å². The second-order valence-electron chi connectivity index (χ2n) is 8.10. The van der Waals surface area contributed by atoms with Gasteiger partial charge in [-0.15, -0.1) is 0 Å². The van der Waals surface area contributed by atoms with Gasteiger partial charge in [0.25, 0.3) is 0 Å². The maximum absolute atomic E-state index is 12.9. The van der Waals surface area contributed by atoms with Gasteiger partial charge in [0.15, 0.2) is 0 Å². The summed E-state index contributed by atoms with van der Waals surface area (Å²) >= 11 is 0. The van der Waals surface area contributed by atoms with Gasteiger partial charge in [0.1, 0.15) is 0 Å². The number of methoxy groups -OCH3 is 2. The first kappa shape index (κ1) is 22.8. The van der Waals surface area contributed by atoms with Crippen LogP contribution in [0.1, 0.15) is 41.4 Å². The molecule has 0 aromatic heterocycles. The van der Waals surface area contributed by atoms with Crippen LogP contribution in [-0.2, 0) is 9.47 Å². The topological polar surface area (TPSA) is 127 Å². The van der Waals surface area contributed by atoms with Gasteiger partial charge in [-0.05, 0) is 43.1 Å². The first-order chi connectivity index (χ1) is 17.3. The molecule has 0 aliphatic carbocycles. The Morgan fingerprint density at radius 3 is 1.25 bits per heavy atom. The Bertz CT molecular complexity index is 1800. The summed E-state index contributed by atoms with van der Waals surface area (Å²) in [7, 11) is 2.34. The minimum atomic E-state index is -1.33. The minimum absolute atomic E-state index is 0.0906. The van der Waals surface area contributed by atoms with Crippen molar-refractivity contribution in [3.63, 3.8) is 0 Å². The Hall–Kier alpha value is -4.98. The fourth-order valence-corrected chi connectivity index (χ4v) is 5.03. The smallest absolute Gasteiger partial charge is 0.339 e. The number of hydrogen-bond acceptors (Lipinski definition) is 6. The van der Waals surface area contributed by atoms with Gasteiger partial charge in [0.2, 0.25) is 0 Å². The molecule has 5 aromatic carbocycles. The number of aromatic carboxylic acids is 2. The molecule has 8 nitrogen and oxygen atoms in total. The number of carbonyl (C=O) groups excluding carboxylic acids is 2. The third kappa shape index (κ3) is 3.08. The summed E-state index contributed by atoms with van der Waals surface area (Å²) in [5, 5.41) is 23.4. The van der Waals surface area contributed by atoms with E-state index in [2.05, 4.69) is 0 Å². The van der Waals surface area contributed by atoms with E-state index in [0.717, 1.165) is 7.11 Å². The Labute approximate surface area is 203 Å². The lowest BCUT2D eigenvalue weighted by Crippen LogP contribution is -2.13. The quantitative estimate of drug-likeness (QED) is 0.262. The van der Waals surface area contributed by atoms with Gasteiger partial charge in [-0.1, -0.05) is 60.7 Å². The fourth-order valence-electron chi connectivity index (χ4n) is 5.03. The average Bonchev–Trinajstić information content (AvgIpc) is 2.89. The molecule has 0 bridgehead atoms. The Balaban J connectivity index is 2.21. The first-order valence-corrected chi connectivity index (χ1v) is 10.8. The number of fused-ring (bicyclic) bond motifs is 7. The Morgan fingerprint density at radius 1 is 0.500 bits per heavy atom. The number of carboxylic acids is 2. The van der Waals surface area contributed by atoms with Crippen molar-refractivity contribution in [1.29, 1.82) is 0 Å². The molecule has 0 spiro atoms. The molecule has 5 rings (SSSR count). The molecule has 0 aliphatic heterocycles. The number of hydrogen-bond donors (Lipinski definition) is 2. The van der Waals surface area contributed by atoms with Crippen LogP contribution in [-0.4, -0.2) is 48.3 Å². The van der Waals surface area contributed by atoms with Crippen molar-refractivity contribution in [2.24, 2.45) is 0 Å². The molecule has 0 saturated carbocycles. The van der Waals surface area contributed by atoms with E-state index >= 15 is 0 Å². The molecular weight excluding hydrogens is 464 g/mol. The zero-order valence-electron chi connectivity index (χ0n) is 19.1. The van der Waals surface area contributed by atoms with Crippen molar-refractivity contribution in [2.45, 2.75) is 0 Å². The predicted octanol–water partition coefficient (Wildman–Crippen LogP) is 5.27. The SMILES string of the molecule is COC(=O)c1c(C(=O)O)c2ccc3c(C(=O)OC)c(C(=O)O)c4ccccc4c3c2c2ccccc12. The van der Waals surface area contributed by atoms with Gasteiger partial charge in [0, 0.05) is 0 Å². The normalized spacial score (nSPS) is 11.2. The lowest BCUT2D eigenvalue weighted by molar-refractivity contribution is 0.0583. The highest BCUT2D eigenvalue weighted by atomic mass is 16.5. The average molecular weight is 482 g/mol. The molecule has 0 heterocycles. The van der Waals surface area contributed by atoms with E-state index in [1.165, 1.54) is 19.2 Å². The highest BCUT2D eigenvalue weighted by Gasteiger charge is 2.29. The number of ether oxygens (including phenoxy) is 2. The molecular formula is C28H18O8. The summed E-state index contributed by atoms with van der Waals surface area (Å²) in [6.45, 7) is 0. The highest BCUT2D eigenvalue weighted by Crippen LogP contribution is 2.43. The summed E-state index contributed by atoms with van der Waals surface area (Å²) in [6.07, 6.45) is 0. The summed E-state index contributed by atoms with van der Waals surface area (Å²) in [6, 6.07) is 16.5. The van der Waals surface area contributed by atoms with Crippen molar-refractivity contribution < 1.29 is 38.9 Å². The lowest BCUT2D eigenvalue weighted by Gasteiger charge is -2.19. The highest BCUT2D eigenvalue weighted by molar-refractivity contribution is 6.36. The van der Waals surface area contributed by atoms with E-state index < -0.39 is 23.9 Å².